The van der Waals surface area contributed by atoms with E-state index in [1.165, 1.54) is 12.1 Å². The van der Waals surface area contributed by atoms with Crippen LogP contribution in [0.25, 0.3) is 15.9 Å². The van der Waals surface area contributed by atoms with Crippen LogP contribution in [0.4, 0.5) is 15.9 Å². The van der Waals surface area contributed by atoms with Crippen molar-refractivity contribution in [3.8, 4) is 6.07 Å². The monoisotopic (exact) mass is 534 g/mol. The van der Waals surface area contributed by atoms with Crippen molar-refractivity contribution in [1.29, 1.82) is 5.26 Å². The largest absolute Gasteiger partial charge is 0.362 e. The van der Waals surface area contributed by atoms with Crippen LogP contribution in [-0.2, 0) is 7.05 Å². The third kappa shape index (κ3) is 4.95. The second-order valence-electron chi connectivity index (χ2n) is 10.2. The highest BCUT2D eigenvalue weighted by Crippen LogP contribution is 2.37. The van der Waals surface area contributed by atoms with Gasteiger partial charge in [0.25, 0.3) is 11.4 Å². The van der Waals surface area contributed by atoms with E-state index in [0.29, 0.717) is 35.5 Å². The zero-order valence-corrected chi connectivity index (χ0v) is 22.9. The zero-order chi connectivity index (χ0) is 28.4. The third-order valence-corrected chi connectivity index (χ3v) is 8.03. The number of nitrogens with zero attached hydrogens (tertiary/aromatic N) is 6. The average molecular weight is 535 g/mol. The smallest absolute Gasteiger partial charge is 0.270 e. The van der Waals surface area contributed by atoms with Crippen LogP contribution in [0.15, 0.2) is 71.5 Å². The Morgan fingerprint density at radius 2 is 1.68 bits per heavy atom. The number of pyridine rings is 2. The molecule has 1 fully saturated rings. The van der Waals surface area contributed by atoms with Crippen molar-refractivity contribution in [1.82, 2.24) is 14.5 Å². The summed E-state index contributed by atoms with van der Waals surface area (Å²) in [5.41, 5.74) is 4.59. The minimum Gasteiger partial charge on any atom is -0.362 e. The Morgan fingerprint density at radius 1 is 1.02 bits per heavy atom. The van der Waals surface area contributed by atoms with E-state index in [2.05, 4.69) is 39.5 Å². The van der Waals surface area contributed by atoms with Crippen molar-refractivity contribution < 1.29 is 4.39 Å². The maximum Gasteiger partial charge on any atom is 0.270 e. The molecule has 7 nitrogen and oxygen atoms in total. The highest BCUT2D eigenvalue weighted by atomic mass is 19.1. The standard InChI is InChI=1S/C32H31FN6O/c1-5-25-20-39(32(23-11-13-24(33)14-12-23)22-9-7-21(18-34)8-10-22)26(6-2)19-38(25)28-17-30(40)37(4)27-15-16-29(35-3)36-31(27)28/h7-17,25-26,32H,5-6,19-20H2,1-2,4H3/t25-,26+,32?/m0/s1. The lowest BCUT2D eigenvalue weighted by molar-refractivity contribution is 0.111. The van der Waals surface area contributed by atoms with Gasteiger partial charge in [-0.3, -0.25) is 9.69 Å². The van der Waals surface area contributed by atoms with Gasteiger partial charge >= 0.3 is 0 Å². The Hall–Kier alpha value is -4.53. The Morgan fingerprint density at radius 3 is 2.27 bits per heavy atom. The quantitative estimate of drug-likeness (QED) is 0.285. The number of nitriles is 1. The molecule has 1 aliphatic heterocycles. The van der Waals surface area contributed by atoms with E-state index in [4.69, 9.17) is 6.57 Å². The van der Waals surface area contributed by atoms with Crippen LogP contribution in [0.2, 0.25) is 0 Å². The van der Waals surface area contributed by atoms with Crippen LogP contribution in [0.3, 0.4) is 0 Å². The summed E-state index contributed by atoms with van der Waals surface area (Å²) < 4.78 is 15.5. The predicted octanol–water partition coefficient (Wildman–Crippen LogP) is 5.96. The van der Waals surface area contributed by atoms with Crippen molar-refractivity contribution in [2.75, 3.05) is 18.0 Å². The molecule has 3 atom stereocenters. The van der Waals surface area contributed by atoms with Gasteiger partial charge in [-0.2, -0.15) is 5.26 Å². The van der Waals surface area contributed by atoms with Gasteiger partial charge in [-0.25, -0.2) is 4.39 Å². The maximum atomic E-state index is 13.9. The molecular formula is C32H31FN6O. The van der Waals surface area contributed by atoms with Gasteiger partial charge in [0, 0.05) is 38.3 Å². The number of rotatable bonds is 6. The van der Waals surface area contributed by atoms with Crippen LogP contribution < -0.4 is 10.5 Å². The lowest BCUT2D eigenvalue weighted by Crippen LogP contribution is -2.59. The van der Waals surface area contributed by atoms with Crippen LogP contribution in [-0.4, -0.2) is 39.6 Å². The molecule has 4 aromatic rings. The van der Waals surface area contributed by atoms with Gasteiger partial charge in [-0.1, -0.05) is 44.7 Å². The van der Waals surface area contributed by atoms with Gasteiger partial charge in [-0.05, 0) is 60.4 Å². The molecule has 0 radical (unpaired) electrons. The molecule has 0 N–H and O–H groups in total. The highest BCUT2D eigenvalue weighted by Gasteiger charge is 2.38. The minimum atomic E-state index is -0.283. The second-order valence-corrected chi connectivity index (χ2v) is 10.2. The maximum absolute atomic E-state index is 13.9. The van der Waals surface area contributed by atoms with E-state index in [-0.39, 0.29) is 29.5 Å². The molecule has 5 rings (SSSR count). The fraction of sp³-hybridized carbons (Fsp3) is 0.312. The van der Waals surface area contributed by atoms with Gasteiger partial charge in [0.1, 0.15) is 5.82 Å². The van der Waals surface area contributed by atoms with E-state index >= 15 is 0 Å². The fourth-order valence-corrected chi connectivity index (χ4v) is 5.84. The number of benzene rings is 2. The van der Waals surface area contributed by atoms with Crippen LogP contribution in [0.5, 0.6) is 0 Å². The SMILES string of the molecule is [C-]#[N+]c1ccc2c(n1)c(N1C[C@@H](CC)N(C(c3ccc(F)cc3)c3ccc(C#N)cc3)C[C@@H]1CC)cc(=O)n2C. The number of aromatic nitrogens is 2. The molecule has 1 saturated heterocycles. The lowest BCUT2D eigenvalue weighted by Gasteiger charge is -2.50. The van der Waals surface area contributed by atoms with E-state index in [0.717, 1.165) is 29.7 Å². The number of piperazine rings is 1. The highest BCUT2D eigenvalue weighted by molar-refractivity contribution is 5.89. The minimum absolute atomic E-state index is 0.0674. The zero-order valence-electron chi connectivity index (χ0n) is 22.9. The number of hydrogen-bond donors (Lipinski definition) is 0. The Kier molecular flexibility index (Phi) is 7.64. The van der Waals surface area contributed by atoms with Crippen molar-refractivity contribution in [2.45, 2.75) is 44.8 Å². The van der Waals surface area contributed by atoms with Crippen LogP contribution in [0.1, 0.15) is 49.4 Å². The average Bonchev–Trinajstić information content (AvgIpc) is 2.99. The Balaban J connectivity index is 1.61. The summed E-state index contributed by atoms with van der Waals surface area (Å²) in [6.07, 6.45) is 1.68. The molecule has 0 saturated carbocycles. The van der Waals surface area contributed by atoms with Crippen LogP contribution >= 0.6 is 0 Å². The Bertz CT molecular complexity index is 1670. The summed E-state index contributed by atoms with van der Waals surface area (Å²) in [6.45, 7) is 13.1. The summed E-state index contributed by atoms with van der Waals surface area (Å²) in [5, 5.41) is 9.34. The molecule has 1 aliphatic rings. The van der Waals surface area contributed by atoms with Gasteiger partial charge in [0.2, 0.25) is 5.52 Å². The first-order chi connectivity index (χ1) is 19.4. The van der Waals surface area contributed by atoms with E-state index < -0.39 is 0 Å². The van der Waals surface area contributed by atoms with Crippen molar-refractivity contribution >= 4 is 22.5 Å². The van der Waals surface area contributed by atoms with Crippen LogP contribution in [0, 0.1) is 23.7 Å². The number of halogens is 1. The van der Waals surface area contributed by atoms with E-state index in [1.807, 2.05) is 36.4 Å². The molecule has 2 aromatic carbocycles. The van der Waals surface area contributed by atoms with Gasteiger partial charge in [0.15, 0.2) is 0 Å². The molecule has 8 heteroatoms. The fourth-order valence-electron chi connectivity index (χ4n) is 5.84. The first-order valence-corrected chi connectivity index (χ1v) is 13.5. The Labute approximate surface area is 233 Å². The molecule has 0 spiro atoms. The molecule has 202 valence electrons. The normalized spacial score (nSPS) is 18.3. The molecule has 3 heterocycles. The molecule has 1 unspecified atom stereocenters. The summed E-state index contributed by atoms with van der Waals surface area (Å²) in [5.74, 6) is 0.0118. The molecular weight excluding hydrogens is 503 g/mol. The van der Waals surface area contributed by atoms with Gasteiger partial charge in [0.05, 0.1) is 28.9 Å². The molecule has 0 bridgehead atoms. The second kappa shape index (κ2) is 11.3. The summed E-state index contributed by atoms with van der Waals surface area (Å²) in [4.78, 5) is 25.9. The summed E-state index contributed by atoms with van der Waals surface area (Å²) >= 11 is 0. The number of hydrogen-bond acceptors (Lipinski definition) is 5. The molecule has 2 aromatic heterocycles. The van der Waals surface area contributed by atoms with Crippen molar-refractivity contribution in [3.63, 3.8) is 0 Å². The predicted molar refractivity (Wildman–Crippen MR) is 155 cm³/mol. The first-order valence-electron chi connectivity index (χ1n) is 13.5. The van der Waals surface area contributed by atoms with E-state index in [9.17, 15) is 14.4 Å². The third-order valence-electron chi connectivity index (χ3n) is 8.03. The number of anilines is 1. The van der Waals surface area contributed by atoms with E-state index in [1.54, 1.807) is 29.8 Å². The van der Waals surface area contributed by atoms with Crippen molar-refractivity contribution in [3.05, 3.63) is 111 Å². The topological polar surface area (TPSA) is 69.5 Å². The first kappa shape index (κ1) is 27.1. The van der Waals surface area contributed by atoms with Crippen molar-refractivity contribution in [2.24, 2.45) is 7.05 Å². The molecule has 40 heavy (non-hydrogen) atoms. The van der Waals surface area contributed by atoms with Gasteiger partial charge < -0.3 is 14.3 Å². The molecule has 0 amide bonds. The summed E-state index contributed by atoms with van der Waals surface area (Å²) in [7, 11) is 1.72. The van der Waals surface area contributed by atoms with Gasteiger partial charge in [-0.15, -0.1) is 4.98 Å². The number of aryl methyl sites for hydroxylation is 1. The lowest BCUT2D eigenvalue weighted by atomic mass is 9.91. The summed E-state index contributed by atoms with van der Waals surface area (Å²) in [6, 6.07) is 21.6. The number of fused-ring (bicyclic) bond motifs is 1. The molecule has 0 aliphatic carbocycles.